The van der Waals surface area contributed by atoms with Crippen LogP contribution in [-0.2, 0) is 14.5 Å². The largest absolute Gasteiger partial charge is 0.302 e. The lowest BCUT2D eigenvalue weighted by Gasteiger charge is -2.22. The number of hydrogen-bond acceptors (Lipinski definition) is 5. The highest BCUT2D eigenvalue weighted by molar-refractivity contribution is 6.08. The van der Waals surface area contributed by atoms with Gasteiger partial charge in [-0.1, -0.05) is 11.3 Å². The van der Waals surface area contributed by atoms with Gasteiger partial charge in [-0.05, 0) is 6.42 Å². The number of hydroxylamine groups is 4. The van der Waals surface area contributed by atoms with Crippen LogP contribution in [0.3, 0.4) is 0 Å². The van der Waals surface area contributed by atoms with Crippen molar-refractivity contribution >= 4 is 10.2 Å². The molecule has 0 saturated heterocycles. The molecule has 0 aliphatic rings. The molecule has 0 aliphatic heterocycles. The fraction of sp³-hybridized carbons (Fsp3) is 1.00. The van der Waals surface area contributed by atoms with Gasteiger partial charge in [0.1, 0.15) is 0 Å². The van der Waals surface area contributed by atoms with Gasteiger partial charge in [0, 0.05) is 23.3 Å². The van der Waals surface area contributed by atoms with Crippen molar-refractivity contribution in [3.63, 3.8) is 0 Å². The van der Waals surface area contributed by atoms with Gasteiger partial charge in [-0.2, -0.15) is 5.06 Å². The lowest BCUT2D eigenvalue weighted by Crippen LogP contribution is -2.34. The summed E-state index contributed by atoms with van der Waals surface area (Å²) in [7, 11) is 6.11. The molecular formula is C8H22N2O3Si. The molecule has 14 heavy (non-hydrogen) atoms. The van der Waals surface area contributed by atoms with Crippen molar-refractivity contribution in [2.45, 2.75) is 12.5 Å². The third kappa shape index (κ3) is 6.47. The van der Waals surface area contributed by atoms with Crippen LogP contribution in [0.4, 0.5) is 0 Å². The maximum atomic E-state index is 5.20. The molecule has 5 nitrogen and oxygen atoms in total. The van der Waals surface area contributed by atoms with Crippen LogP contribution < -0.4 is 0 Å². The summed E-state index contributed by atoms with van der Waals surface area (Å²) in [5.74, 6) is 0. The Kier molecular flexibility index (Phi) is 9.58. The van der Waals surface area contributed by atoms with E-state index in [4.69, 9.17) is 14.5 Å². The Bertz CT molecular complexity index is 125. The molecule has 0 unspecified atom stereocenters. The van der Waals surface area contributed by atoms with E-state index in [1.165, 1.54) is 27.9 Å². The lowest BCUT2D eigenvalue weighted by atomic mass is 10.4. The van der Waals surface area contributed by atoms with Crippen molar-refractivity contribution in [1.82, 2.24) is 10.3 Å². The molecule has 0 bridgehead atoms. The van der Waals surface area contributed by atoms with Crippen LogP contribution in [0, 0.1) is 0 Å². The highest BCUT2D eigenvalue weighted by atomic mass is 28.1. The molecule has 0 aromatic carbocycles. The standard InChI is InChI=1S/C8H22N2O3Si/c1-11-9(5-4-8-14)6-7-10(12-2)13-3/h4-8H2,1-3,14H3. The first-order valence-corrected chi connectivity index (χ1v) is 6.34. The lowest BCUT2D eigenvalue weighted by molar-refractivity contribution is -0.346. The number of rotatable bonds is 9. The van der Waals surface area contributed by atoms with Crippen molar-refractivity contribution in [1.29, 1.82) is 0 Å². The van der Waals surface area contributed by atoms with Crippen molar-refractivity contribution in [3.8, 4) is 0 Å². The van der Waals surface area contributed by atoms with E-state index in [9.17, 15) is 0 Å². The Labute approximate surface area is 89.2 Å². The maximum Gasteiger partial charge on any atom is 0.0667 e. The monoisotopic (exact) mass is 222 g/mol. The highest BCUT2D eigenvalue weighted by Gasteiger charge is 2.06. The van der Waals surface area contributed by atoms with E-state index in [0.29, 0.717) is 6.54 Å². The fourth-order valence-electron chi connectivity index (χ4n) is 1.08. The first kappa shape index (κ1) is 14.0. The molecule has 6 heteroatoms. The van der Waals surface area contributed by atoms with E-state index in [1.807, 2.05) is 5.06 Å². The van der Waals surface area contributed by atoms with Gasteiger partial charge in [-0.3, -0.25) is 9.68 Å². The summed E-state index contributed by atoms with van der Waals surface area (Å²) in [5.41, 5.74) is 0. The zero-order chi connectivity index (χ0) is 10.8. The van der Waals surface area contributed by atoms with Crippen LogP contribution in [0.15, 0.2) is 0 Å². The van der Waals surface area contributed by atoms with E-state index in [2.05, 4.69) is 0 Å². The van der Waals surface area contributed by atoms with Gasteiger partial charge >= 0.3 is 0 Å². The summed E-state index contributed by atoms with van der Waals surface area (Å²) in [6.45, 7) is 2.42. The van der Waals surface area contributed by atoms with E-state index in [1.54, 1.807) is 21.3 Å². The van der Waals surface area contributed by atoms with E-state index in [0.717, 1.165) is 13.1 Å². The normalized spacial score (nSPS) is 11.8. The third-order valence-corrected chi connectivity index (χ3v) is 2.67. The average molecular weight is 222 g/mol. The van der Waals surface area contributed by atoms with Gasteiger partial charge in [0.25, 0.3) is 0 Å². The molecule has 0 heterocycles. The van der Waals surface area contributed by atoms with Crippen molar-refractivity contribution in [2.75, 3.05) is 41.0 Å². The van der Waals surface area contributed by atoms with Crippen LogP contribution in [0.5, 0.6) is 0 Å². The van der Waals surface area contributed by atoms with Crippen LogP contribution in [0.25, 0.3) is 0 Å². The Balaban J connectivity index is 3.59. The second-order valence-corrected chi connectivity index (χ2v) is 3.89. The zero-order valence-electron chi connectivity index (χ0n) is 9.65. The second-order valence-electron chi connectivity index (χ2n) is 2.89. The predicted octanol–water partition coefficient (Wildman–Crippen LogP) is -0.552. The van der Waals surface area contributed by atoms with Crippen molar-refractivity contribution in [3.05, 3.63) is 0 Å². The highest BCUT2D eigenvalue weighted by Crippen LogP contribution is 1.96. The summed E-state index contributed by atoms with van der Waals surface area (Å²) in [6.07, 6.45) is 1.19. The number of nitrogens with zero attached hydrogens (tertiary/aromatic N) is 2. The van der Waals surface area contributed by atoms with Crippen LogP contribution >= 0.6 is 0 Å². The minimum Gasteiger partial charge on any atom is -0.302 e. The smallest absolute Gasteiger partial charge is 0.0667 e. The van der Waals surface area contributed by atoms with E-state index in [-0.39, 0.29) is 0 Å². The molecule has 0 atom stereocenters. The van der Waals surface area contributed by atoms with Crippen LogP contribution in [0.1, 0.15) is 6.42 Å². The zero-order valence-corrected chi connectivity index (χ0v) is 11.7. The molecule has 0 aromatic heterocycles. The van der Waals surface area contributed by atoms with Crippen molar-refractivity contribution < 1.29 is 14.5 Å². The van der Waals surface area contributed by atoms with Gasteiger partial charge in [0.05, 0.1) is 27.9 Å². The quantitative estimate of drug-likeness (QED) is 0.386. The molecule has 0 aromatic rings. The summed E-state index contributed by atoms with van der Waals surface area (Å²) < 4.78 is 0. The van der Waals surface area contributed by atoms with Crippen LogP contribution in [-0.4, -0.2) is 61.5 Å². The summed E-state index contributed by atoms with van der Waals surface area (Å²) >= 11 is 0. The minimum absolute atomic E-state index is 0.669. The predicted molar refractivity (Wildman–Crippen MR) is 58.7 cm³/mol. The SMILES string of the molecule is CON(CCC[SiH3])CCN(OC)OC. The van der Waals surface area contributed by atoms with Gasteiger partial charge < -0.3 is 4.84 Å². The second kappa shape index (κ2) is 9.57. The van der Waals surface area contributed by atoms with Crippen molar-refractivity contribution in [2.24, 2.45) is 0 Å². The molecule has 0 fully saturated rings. The number of hydrogen-bond donors (Lipinski definition) is 0. The topological polar surface area (TPSA) is 34.2 Å². The van der Waals surface area contributed by atoms with Gasteiger partial charge in [-0.15, -0.1) is 0 Å². The Hall–Kier alpha value is 0.0169. The van der Waals surface area contributed by atoms with E-state index < -0.39 is 0 Å². The first-order chi connectivity index (χ1) is 6.78. The van der Waals surface area contributed by atoms with Crippen LogP contribution in [0.2, 0.25) is 6.04 Å². The third-order valence-electron chi connectivity index (χ3n) is 1.96. The van der Waals surface area contributed by atoms with E-state index >= 15 is 0 Å². The molecular weight excluding hydrogens is 200 g/mol. The minimum atomic E-state index is 0.669. The summed E-state index contributed by atoms with van der Waals surface area (Å²) in [5, 5.41) is 3.34. The molecule has 0 spiro atoms. The summed E-state index contributed by atoms with van der Waals surface area (Å²) in [6, 6.07) is 1.30. The molecule has 0 amide bonds. The molecule has 86 valence electrons. The summed E-state index contributed by atoms with van der Waals surface area (Å²) in [4.78, 5) is 15.1. The molecule has 0 aliphatic carbocycles. The Morgan fingerprint density at radius 1 is 0.929 bits per heavy atom. The van der Waals surface area contributed by atoms with Gasteiger partial charge in [0.15, 0.2) is 0 Å². The molecule has 0 N–H and O–H groups in total. The fourth-order valence-corrected chi connectivity index (χ4v) is 1.40. The van der Waals surface area contributed by atoms with Gasteiger partial charge in [0.2, 0.25) is 0 Å². The first-order valence-electron chi connectivity index (χ1n) is 4.93. The Morgan fingerprint density at radius 2 is 1.57 bits per heavy atom. The molecule has 0 rings (SSSR count). The average Bonchev–Trinajstić information content (AvgIpc) is 2.23. The Morgan fingerprint density at radius 3 is 2.00 bits per heavy atom. The van der Waals surface area contributed by atoms with Gasteiger partial charge in [-0.25, -0.2) is 0 Å². The molecule has 0 radical (unpaired) electrons. The molecule has 0 saturated carbocycles. The maximum absolute atomic E-state index is 5.20.